The largest absolute Gasteiger partial charge is 0.494 e. The minimum absolute atomic E-state index is 0.166. The molecule has 0 aromatic heterocycles. The zero-order valence-corrected chi connectivity index (χ0v) is 13.6. The standard InChI is InChI=1S/C18H31NO2/c1-3-4-5-6-11-21-18-9-7-17(8-10-18)15(2)12-16(13-19)14-20/h7-10,15-16,20H,3-6,11-14,19H2,1-2H3. The molecule has 21 heavy (non-hydrogen) atoms. The zero-order chi connectivity index (χ0) is 15.5. The van der Waals surface area contributed by atoms with Gasteiger partial charge in [-0.05, 0) is 48.9 Å². The molecule has 0 fully saturated rings. The van der Waals surface area contributed by atoms with Crippen LogP contribution in [0.2, 0.25) is 0 Å². The molecular weight excluding hydrogens is 262 g/mol. The van der Waals surface area contributed by atoms with Crippen molar-refractivity contribution in [3.8, 4) is 5.75 Å². The van der Waals surface area contributed by atoms with E-state index in [1.807, 2.05) is 12.1 Å². The summed E-state index contributed by atoms with van der Waals surface area (Å²) in [6.45, 7) is 5.90. The summed E-state index contributed by atoms with van der Waals surface area (Å²) in [4.78, 5) is 0. The molecular formula is C18H31NO2. The zero-order valence-electron chi connectivity index (χ0n) is 13.6. The molecule has 3 N–H and O–H groups in total. The Balaban J connectivity index is 2.38. The van der Waals surface area contributed by atoms with Gasteiger partial charge >= 0.3 is 0 Å². The number of hydrogen-bond donors (Lipinski definition) is 2. The number of unbranched alkanes of at least 4 members (excludes halogenated alkanes) is 3. The summed E-state index contributed by atoms with van der Waals surface area (Å²) >= 11 is 0. The molecule has 1 aromatic carbocycles. The number of nitrogens with two attached hydrogens (primary N) is 1. The number of benzene rings is 1. The molecule has 1 aromatic rings. The monoisotopic (exact) mass is 293 g/mol. The second kappa shape index (κ2) is 10.6. The van der Waals surface area contributed by atoms with Crippen LogP contribution in [-0.4, -0.2) is 24.9 Å². The Morgan fingerprint density at radius 3 is 2.43 bits per heavy atom. The highest BCUT2D eigenvalue weighted by Gasteiger charge is 2.12. The van der Waals surface area contributed by atoms with Crippen LogP contribution in [0, 0.1) is 5.92 Å². The van der Waals surface area contributed by atoms with Crippen LogP contribution < -0.4 is 10.5 Å². The van der Waals surface area contributed by atoms with Crippen molar-refractivity contribution < 1.29 is 9.84 Å². The van der Waals surface area contributed by atoms with Crippen LogP contribution in [0.4, 0.5) is 0 Å². The lowest BCUT2D eigenvalue weighted by molar-refractivity contribution is 0.217. The van der Waals surface area contributed by atoms with Crippen LogP contribution in [0.25, 0.3) is 0 Å². The fraction of sp³-hybridized carbons (Fsp3) is 0.667. The van der Waals surface area contributed by atoms with E-state index in [-0.39, 0.29) is 12.5 Å². The number of ether oxygens (including phenoxy) is 1. The van der Waals surface area contributed by atoms with Crippen molar-refractivity contribution in [2.75, 3.05) is 19.8 Å². The van der Waals surface area contributed by atoms with Crippen LogP contribution in [0.15, 0.2) is 24.3 Å². The van der Waals surface area contributed by atoms with Gasteiger partial charge in [0.1, 0.15) is 5.75 Å². The van der Waals surface area contributed by atoms with E-state index in [0.29, 0.717) is 12.5 Å². The SMILES string of the molecule is CCCCCCOc1ccc(C(C)CC(CN)CO)cc1. The highest BCUT2D eigenvalue weighted by atomic mass is 16.5. The molecule has 3 heteroatoms. The number of aliphatic hydroxyl groups excluding tert-OH is 1. The van der Waals surface area contributed by atoms with Crippen molar-refractivity contribution in [2.45, 2.75) is 51.9 Å². The van der Waals surface area contributed by atoms with Gasteiger partial charge in [0, 0.05) is 6.61 Å². The Morgan fingerprint density at radius 1 is 1.14 bits per heavy atom. The van der Waals surface area contributed by atoms with E-state index in [4.69, 9.17) is 10.5 Å². The molecule has 2 atom stereocenters. The van der Waals surface area contributed by atoms with Crippen molar-refractivity contribution in [3.05, 3.63) is 29.8 Å². The minimum atomic E-state index is 0.166. The average Bonchev–Trinajstić information content (AvgIpc) is 2.52. The van der Waals surface area contributed by atoms with Crippen LogP contribution in [-0.2, 0) is 0 Å². The molecule has 2 unspecified atom stereocenters. The number of hydrogen-bond acceptors (Lipinski definition) is 3. The first kappa shape index (κ1) is 18.0. The van der Waals surface area contributed by atoms with Gasteiger partial charge in [-0.3, -0.25) is 0 Å². The van der Waals surface area contributed by atoms with E-state index in [2.05, 4.69) is 26.0 Å². The number of aliphatic hydroxyl groups is 1. The fourth-order valence-corrected chi connectivity index (χ4v) is 2.49. The van der Waals surface area contributed by atoms with Crippen molar-refractivity contribution in [3.63, 3.8) is 0 Å². The second-order valence-corrected chi connectivity index (χ2v) is 5.90. The summed E-state index contributed by atoms with van der Waals surface area (Å²) in [6, 6.07) is 8.33. The Labute approximate surface area is 129 Å². The van der Waals surface area contributed by atoms with Crippen molar-refractivity contribution >= 4 is 0 Å². The molecule has 0 aliphatic rings. The maximum absolute atomic E-state index is 9.22. The maximum Gasteiger partial charge on any atom is 0.119 e. The minimum Gasteiger partial charge on any atom is -0.494 e. The molecule has 0 spiro atoms. The summed E-state index contributed by atoms with van der Waals surface area (Å²) in [7, 11) is 0. The quantitative estimate of drug-likeness (QED) is 0.612. The summed E-state index contributed by atoms with van der Waals surface area (Å²) in [5, 5.41) is 9.22. The van der Waals surface area contributed by atoms with Crippen molar-refractivity contribution in [1.29, 1.82) is 0 Å². The van der Waals surface area contributed by atoms with Crippen LogP contribution >= 0.6 is 0 Å². The summed E-state index contributed by atoms with van der Waals surface area (Å²) in [5.74, 6) is 1.54. The van der Waals surface area contributed by atoms with Gasteiger partial charge in [0.25, 0.3) is 0 Å². The molecule has 1 rings (SSSR count). The van der Waals surface area contributed by atoms with E-state index >= 15 is 0 Å². The molecule has 0 amide bonds. The van der Waals surface area contributed by atoms with Crippen molar-refractivity contribution in [1.82, 2.24) is 0 Å². The van der Waals surface area contributed by atoms with E-state index in [1.54, 1.807) is 0 Å². The third-order valence-corrected chi connectivity index (χ3v) is 3.99. The Kier molecular flexibility index (Phi) is 9.11. The molecule has 0 bridgehead atoms. The third-order valence-electron chi connectivity index (χ3n) is 3.99. The van der Waals surface area contributed by atoms with Gasteiger partial charge in [0.05, 0.1) is 6.61 Å². The van der Waals surface area contributed by atoms with Gasteiger partial charge < -0.3 is 15.6 Å². The maximum atomic E-state index is 9.22. The predicted molar refractivity (Wildman–Crippen MR) is 88.7 cm³/mol. The van der Waals surface area contributed by atoms with Gasteiger partial charge in [-0.2, -0.15) is 0 Å². The normalized spacial score (nSPS) is 13.9. The van der Waals surface area contributed by atoms with E-state index in [9.17, 15) is 5.11 Å². The number of rotatable bonds is 11. The molecule has 0 aliphatic heterocycles. The molecule has 0 radical (unpaired) electrons. The lowest BCUT2D eigenvalue weighted by atomic mass is 9.90. The van der Waals surface area contributed by atoms with E-state index in [1.165, 1.54) is 24.8 Å². The van der Waals surface area contributed by atoms with Crippen LogP contribution in [0.5, 0.6) is 5.75 Å². The molecule has 0 saturated heterocycles. The van der Waals surface area contributed by atoms with Gasteiger partial charge in [-0.25, -0.2) is 0 Å². The van der Waals surface area contributed by atoms with Crippen LogP contribution in [0.3, 0.4) is 0 Å². The first-order valence-electron chi connectivity index (χ1n) is 8.24. The molecule has 0 aliphatic carbocycles. The van der Waals surface area contributed by atoms with Gasteiger partial charge in [0.2, 0.25) is 0 Å². The smallest absolute Gasteiger partial charge is 0.119 e. The highest BCUT2D eigenvalue weighted by molar-refractivity contribution is 5.29. The molecule has 0 saturated carbocycles. The summed E-state index contributed by atoms with van der Waals surface area (Å²) < 4.78 is 5.75. The van der Waals surface area contributed by atoms with E-state index in [0.717, 1.165) is 25.2 Å². The topological polar surface area (TPSA) is 55.5 Å². The fourth-order valence-electron chi connectivity index (χ4n) is 2.49. The van der Waals surface area contributed by atoms with E-state index < -0.39 is 0 Å². The first-order chi connectivity index (χ1) is 10.2. The predicted octanol–water partition coefficient (Wildman–Crippen LogP) is 3.71. The second-order valence-electron chi connectivity index (χ2n) is 5.90. The lowest BCUT2D eigenvalue weighted by Crippen LogP contribution is -2.20. The molecule has 3 nitrogen and oxygen atoms in total. The molecule has 120 valence electrons. The summed E-state index contributed by atoms with van der Waals surface area (Å²) in [5.41, 5.74) is 6.92. The van der Waals surface area contributed by atoms with Gasteiger partial charge in [0.15, 0.2) is 0 Å². The summed E-state index contributed by atoms with van der Waals surface area (Å²) in [6.07, 6.45) is 5.83. The van der Waals surface area contributed by atoms with Gasteiger partial charge in [-0.1, -0.05) is 45.2 Å². The Morgan fingerprint density at radius 2 is 1.86 bits per heavy atom. The Hall–Kier alpha value is -1.06. The lowest BCUT2D eigenvalue weighted by Gasteiger charge is -2.18. The first-order valence-corrected chi connectivity index (χ1v) is 8.24. The average molecular weight is 293 g/mol. The molecule has 0 heterocycles. The Bertz CT molecular complexity index is 360. The van der Waals surface area contributed by atoms with Crippen molar-refractivity contribution in [2.24, 2.45) is 11.7 Å². The third kappa shape index (κ3) is 6.96. The van der Waals surface area contributed by atoms with Gasteiger partial charge in [-0.15, -0.1) is 0 Å². The van der Waals surface area contributed by atoms with Crippen LogP contribution in [0.1, 0.15) is 57.4 Å². The highest BCUT2D eigenvalue weighted by Crippen LogP contribution is 2.25.